The predicted molar refractivity (Wildman–Crippen MR) is 51.5 cm³/mol. The smallest absolute Gasteiger partial charge is 0.191 e. The maximum Gasteiger partial charge on any atom is 0.191 e. The van der Waals surface area contributed by atoms with Crippen molar-refractivity contribution in [2.75, 3.05) is 0 Å². The van der Waals surface area contributed by atoms with Crippen molar-refractivity contribution in [3.8, 4) is 0 Å². The molecule has 0 radical (unpaired) electrons. The quantitative estimate of drug-likeness (QED) is 0.720. The first-order valence-corrected chi connectivity index (χ1v) is 4.57. The first-order chi connectivity index (χ1) is 7.36. The minimum atomic E-state index is 0.0453. The molecule has 1 atom stereocenters. The lowest BCUT2D eigenvalue weighted by atomic mass is 10.3. The molecule has 78 valence electrons. The normalized spacial score (nSPS) is 12.6. The highest BCUT2D eigenvalue weighted by Crippen LogP contribution is 2.04. The number of nitrogens with one attached hydrogen (secondary N) is 2. The molecular weight excluding hydrogens is 194 g/mol. The zero-order valence-electron chi connectivity index (χ0n) is 8.25. The van der Waals surface area contributed by atoms with Crippen molar-refractivity contribution >= 4 is 0 Å². The Morgan fingerprint density at radius 2 is 2.20 bits per heavy atom. The standard InChI is InChI=1S/C8H11N7/c1-6(8-12-14-15-13-8)11-4-7-2-9-5-10-3-7/h2-3,5-6,11H,4H2,1H3,(H,12,13,14,15). The first kappa shape index (κ1) is 9.66. The van der Waals surface area contributed by atoms with Crippen molar-refractivity contribution in [2.45, 2.75) is 19.5 Å². The average molecular weight is 205 g/mol. The van der Waals surface area contributed by atoms with Crippen LogP contribution in [0.15, 0.2) is 18.7 Å². The van der Waals surface area contributed by atoms with E-state index >= 15 is 0 Å². The van der Waals surface area contributed by atoms with E-state index in [0.717, 1.165) is 5.56 Å². The third-order valence-corrected chi connectivity index (χ3v) is 1.98. The number of rotatable bonds is 4. The van der Waals surface area contributed by atoms with Gasteiger partial charge in [-0.15, -0.1) is 10.2 Å². The van der Waals surface area contributed by atoms with E-state index in [2.05, 4.69) is 35.9 Å². The molecule has 0 saturated heterocycles. The third-order valence-electron chi connectivity index (χ3n) is 1.98. The van der Waals surface area contributed by atoms with Crippen molar-refractivity contribution in [2.24, 2.45) is 0 Å². The summed E-state index contributed by atoms with van der Waals surface area (Å²) < 4.78 is 0. The van der Waals surface area contributed by atoms with Gasteiger partial charge in [-0.3, -0.25) is 0 Å². The Hall–Kier alpha value is -1.89. The van der Waals surface area contributed by atoms with E-state index in [1.54, 1.807) is 12.4 Å². The molecule has 0 fully saturated rings. The number of nitrogens with zero attached hydrogens (tertiary/aromatic N) is 5. The molecule has 2 heterocycles. The second kappa shape index (κ2) is 4.56. The summed E-state index contributed by atoms with van der Waals surface area (Å²) in [7, 11) is 0. The van der Waals surface area contributed by atoms with Gasteiger partial charge in [0.2, 0.25) is 0 Å². The summed E-state index contributed by atoms with van der Waals surface area (Å²) in [5, 5.41) is 16.9. The van der Waals surface area contributed by atoms with Gasteiger partial charge in [-0.05, 0) is 6.92 Å². The molecule has 7 nitrogen and oxygen atoms in total. The maximum atomic E-state index is 3.92. The van der Waals surface area contributed by atoms with Gasteiger partial charge in [0.1, 0.15) is 6.33 Å². The number of H-pyrrole nitrogens is 1. The molecule has 0 aromatic carbocycles. The van der Waals surface area contributed by atoms with Crippen molar-refractivity contribution in [1.29, 1.82) is 0 Å². The maximum absolute atomic E-state index is 3.92. The second-order valence-electron chi connectivity index (χ2n) is 3.12. The molecule has 0 aliphatic rings. The fourth-order valence-electron chi connectivity index (χ4n) is 1.14. The van der Waals surface area contributed by atoms with Gasteiger partial charge in [0.15, 0.2) is 5.82 Å². The largest absolute Gasteiger partial charge is 0.303 e. The molecule has 2 rings (SSSR count). The highest BCUT2D eigenvalue weighted by Gasteiger charge is 2.08. The highest BCUT2D eigenvalue weighted by molar-refractivity contribution is 5.02. The Morgan fingerprint density at radius 3 is 2.87 bits per heavy atom. The summed E-state index contributed by atoms with van der Waals surface area (Å²) in [6.07, 6.45) is 5.04. The summed E-state index contributed by atoms with van der Waals surface area (Å²) in [6, 6.07) is 0.0453. The van der Waals surface area contributed by atoms with Gasteiger partial charge >= 0.3 is 0 Å². The van der Waals surface area contributed by atoms with Gasteiger partial charge in [0.05, 0.1) is 6.04 Å². The van der Waals surface area contributed by atoms with E-state index < -0.39 is 0 Å². The van der Waals surface area contributed by atoms with E-state index in [4.69, 9.17) is 0 Å². The van der Waals surface area contributed by atoms with Crippen LogP contribution in [0.2, 0.25) is 0 Å². The molecule has 0 amide bonds. The molecule has 0 saturated carbocycles. The van der Waals surface area contributed by atoms with Crippen LogP contribution in [-0.2, 0) is 6.54 Å². The minimum absolute atomic E-state index is 0.0453. The van der Waals surface area contributed by atoms with E-state index in [1.807, 2.05) is 6.92 Å². The van der Waals surface area contributed by atoms with Gasteiger partial charge < -0.3 is 5.32 Å². The van der Waals surface area contributed by atoms with Crippen molar-refractivity contribution in [1.82, 2.24) is 35.9 Å². The predicted octanol–water partition coefficient (Wildman–Crippen LogP) is -0.160. The lowest BCUT2D eigenvalue weighted by Crippen LogP contribution is -2.19. The second-order valence-corrected chi connectivity index (χ2v) is 3.12. The molecule has 0 bridgehead atoms. The van der Waals surface area contributed by atoms with Crippen LogP contribution in [0.4, 0.5) is 0 Å². The number of aromatic nitrogens is 6. The fourth-order valence-corrected chi connectivity index (χ4v) is 1.14. The Bertz CT molecular complexity index is 385. The molecule has 2 aromatic heterocycles. The molecule has 0 aliphatic carbocycles. The zero-order valence-corrected chi connectivity index (χ0v) is 8.25. The SMILES string of the molecule is CC(NCc1cncnc1)c1nn[nH]n1. The average Bonchev–Trinajstić information content (AvgIpc) is 2.81. The number of tetrazole rings is 1. The van der Waals surface area contributed by atoms with E-state index in [0.29, 0.717) is 12.4 Å². The highest BCUT2D eigenvalue weighted by atomic mass is 15.5. The molecule has 15 heavy (non-hydrogen) atoms. The summed E-state index contributed by atoms with van der Waals surface area (Å²) in [5.41, 5.74) is 1.02. The van der Waals surface area contributed by atoms with Crippen LogP contribution in [0.25, 0.3) is 0 Å². The van der Waals surface area contributed by atoms with Gasteiger partial charge in [0.25, 0.3) is 0 Å². The monoisotopic (exact) mass is 205 g/mol. The van der Waals surface area contributed by atoms with Gasteiger partial charge in [-0.1, -0.05) is 5.21 Å². The number of hydrogen-bond acceptors (Lipinski definition) is 6. The summed E-state index contributed by atoms with van der Waals surface area (Å²) >= 11 is 0. The molecule has 2 N–H and O–H groups in total. The number of aromatic amines is 1. The molecule has 0 spiro atoms. The Labute approximate surface area is 86.3 Å². The Morgan fingerprint density at radius 1 is 1.40 bits per heavy atom. The first-order valence-electron chi connectivity index (χ1n) is 4.57. The topological polar surface area (TPSA) is 92.3 Å². The van der Waals surface area contributed by atoms with Crippen LogP contribution in [0.3, 0.4) is 0 Å². The van der Waals surface area contributed by atoms with E-state index in [9.17, 15) is 0 Å². The van der Waals surface area contributed by atoms with Gasteiger partial charge in [0, 0.05) is 24.5 Å². The zero-order chi connectivity index (χ0) is 10.5. The van der Waals surface area contributed by atoms with E-state index in [-0.39, 0.29) is 6.04 Å². The number of hydrogen-bond donors (Lipinski definition) is 2. The molecule has 0 aliphatic heterocycles. The summed E-state index contributed by atoms with van der Waals surface area (Å²) in [6.45, 7) is 2.64. The van der Waals surface area contributed by atoms with Crippen LogP contribution in [0.5, 0.6) is 0 Å². The van der Waals surface area contributed by atoms with Crippen LogP contribution < -0.4 is 5.32 Å². The van der Waals surface area contributed by atoms with Crippen LogP contribution in [0.1, 0.15) is 24.4 Å². The van der Waals surface area contributed by atoms with Crippen molar-refractivity contribution < 1.29 is 0 Å². The van der Waals surface area contributed by atoms with Gasteiger partial charge in [-0.2, -0.15) is 5.21 Å². The summed E-state index contributed by atoms with van der Waals surface area (Å²) in [5.74, 6) is 0.645. The van der Waals surface area contributed by atoms with E-state index in [1.165, 1.54) is 6.33 Å². The van der Waals surface area contributed by atoms with Crippen molar-refractivity contribution in [3.05, 3.63) is 30.1 Å². The third kappa shape index (κ3) is 2.53. The molecule has 1 unspecified atom stereocenters. The van der Waals surface area contributed by atoms with Gasteiger partial charge in [-0.25, -0.2) is 9.97 Å². The van der Waals surface area contributed by atoms with Crippen LogP contribution >= 0.6 is 0 Å². The molecule has 2 aromatic rings. The minimum Gasteiger partial charge on any atom is -0.303 e. The Balaban J connectivity index is 1.89. The Kier molecular flexibility index (Phi) is 2.93. The molecule has 7 heteroatoms. The van der Waals surface area contributed by atoms with Crippen LogP contribution in [0, 0.1) is 0 Å². The van der Waals surface area contributed by atoms with Crippen LogP contribution in [-0.4, -0.2) is 30.6 Å². The lowest BCUT2D eigenvalue weighted by molar-refractivity contribution is 0.545. The summed E-state index contributed by atoms with van der Waals surface area (Å²) in [4.78, 5) is 7.85. The van der Waals surface area contributed by atoms with Crippen molar-refractivity contribution in [3.63, 3.8) is 0 Å². The lowest BCUT2D eigenvalue weighted by Gasteiger charge is -2.08. The fraction of sp³-hybridized carbons (Fsp3) is 0.375. The molecular formula is C8H11N7.